The second kappa shape index (κ2) is 6.63. The van der Waals surface area contributed by atoms with Crippen molar-refractivity contribution in [3.05, 3.63) is 83.3 Å². The molecule has 0 aliphatic carbocycles. The summed E-state index contributed by atoms with van der Waals surface area (Å²) in [6.45, 7) is 2.10. The lowest BCUT2D eigenvalue weighted by Gasteiger charge is -2.25. The molecule has 0 bridgehead atoms. The van der Waals surface area contributed by atoms with E-state index < -0.39 is 5.91 Å². The molecular weight excluding hydrogens is 366 g/mol. The number of amides is 2. The van der Waals surface area contributed by atoms with E-state index in [0.717, 1.165) is 22.4 Å². The van der Waals surface area contributed by atoms with E-state index >= 15 is 0 Å². The fourth-order valence-corrected chi connectivity index (χ4v) is 3.72. The minimum Gasteiger partial charge on any atom is -0.274 e. The highest BCUT2D eigenvalue weighted by Gasteiger charge is 2.35. The highest BCUT2D eigenvalue weighted by Crippen LogP contribution is 2.29. The van der Waals surface area contributed by atoms with E-state index in [0.29, 0.717) is 11.3 Å². The predicted molar refractivity (Wildman–Crippen MR) is 106 cm³/mol. The summed E-state index contributed by atoms with van der Waals surface area (Å²) in [6, 6.07) is 19.2. The van der Waals surface area contributed by atoms with Gasteiger partial charge in [-0.05, 0) is 18.1 Å². The first-order chi connectivity index (χ1) is 14.1. The molecule has 5 rings (SSSR count). The van der Waals surface area contributed by atoms with Crippen molar-refractivity contribution in [2.45, 2.75) is 19.9 Å². The summed E-state index contributed by atoms with van der Waals surface area (Å²) in [4.78, 5) is 27.0. The predicted octanol–water partition coefficient (Wildman–Crippen LogP) is 2.82. The van der Waals surface area contributed by atoms with Crippen LogP contribution >= 0.6 is 0 Å². The van der Waals surface area contributed by atoms with Gasteiger partial charge in [0.1, 0.15) is 0 Å². The minimum atomic E-state index is -0.441. The van der Waals surface area contributed by atoms with Gasteiger partial charge in [-0.3, -0.25) is 14.5 Å². The molecule has 4 aromatic rings. The van der Waals surface area contributed by atoms with Crippen LogP contribution in [0.25, 0.3) is 16.8 Å². The van der Waals surface area contributed by atoms with Gasteiger partial charge >= 0.3 is 0 Å². The Labute approximate surface area is 166 Å². The number of fused-ring (bicyclic) bond motifs is 3. The highest BCUT2D eigenvalue weighted by atomic mass is 16.2. The molecule has 2 aromatic carbocycles. The van der Waals surface area contributed by atoms with Crippen LogP contribution < -0.4 is 0 Å². The highest BCUT2D eigenvalue weighted by molar-refractivity contribution is 6.08. The Hall–Kier alpha value is -3.87. The van der Waals surface area contributed by atoms with Crippen molar-refractivity contribution in [3.63, 3.8) is 0 Å². The summed E-state index contributed by atoms with van der Waals surface area (Å²) in [5.74, 6) is -0.709. The molecule has 1 aliphatic heterocycles. The monoisotopic (exact) mass is 383 g/mol. The molecule has 0 fully saturated rings. The number of benzene rings is 2. The van der Waals surface area contributed by atoms with Gasteiger partial charge in [0.05, 0.1) is 29.9 Å². The van der Waals surface area contributed by atoms with Gasteiger partial charge in [-0.25, -0.2) is 4.52 Å². The first-order valence-electron chi connectivity index (χ1n) is 9.32. The maximum absolute atomic E-state index is 13.0. The fourth-order valence-electron chi connectivity index (χ4n) is 3.72. The molecule has 2 amide bonds. The fraction of sp³-hybridized carbons (Fsp3) is 0.136. The maximum Gasteiger partial charge on any atom is 0.283 e. The number of carbonyl (C=O) groups is 2. The second-order valence-corrected chi connectivity index (χ2v) is 7.00. The summed E-state index contributed by atoms with van der Waals surface area (Å²) in [6.07, 6.45) is 0.0509. The molecular formula is C22H17N5O2. The maximum atomic E-state index is 13.0. The lowest BCUT2D eigenvalue weighted by Crippen LogP contribution is -2.43. The van der Waals surface area contributed by atoms with Crippen molar-refractivity contribution in [1.82, 2.24) is 24.7 Å². The zero-order valence-corrected chi connectivity index (χ0v) is 15.7. The van der Waals surface area contributed by atoms with Crippen molar-refractivity contribution >= 4 is 17.5 Å². The Balaban J connectivity index is 1.60. The van der Waals surface area contributed by atoms with Crippen molar-refractivity contribution in [3.8, 4) is 11.1 Å². The van der Waals surface area contributed by atoms with Crippen molar-refractivity contribution in [1.29, 1.82) is 0 Å². The van der Waals surface area contributed by atoms with Gasteiger partial charge in [-0.15, -0.1) is 10.2 Å². The Morgan fingerprint density at radius 1 is 0.931 bits per heavy atom. The number of hydrogen-bond acceptors (Lipinski definition) is 5. The van der Waals surface area contributed by atoms with Crippen LogP contribution in [0.4, 0.5) is 0 Å². The third-order valence-corrected chi connectivity index (χ3v) is 5.12. The van der Waals surface area contributed by atoms with E-state index in [-0.39, 0.29) is 24.6 Å². The van der Waals surface area contributed by atoms with Gasteiger partial charge < -0.3 is 0 Å². The molecule has 0 atom stereocenters. The molecule has 0 spiro atoms. The molecule has 0 N–H and O–H groups in total. The largest absolute Gasteiger partial charge is 0.283 e. The normalized spacial score (nSPS) is 13.8. The molecule has 2 aromatic heterocycles. The topological polar surface area (TPSA) is 80.5 Å². The lowest BCUT2D eigenvalue weighted by molar-refractivity contribution is -0.129. The Morgan fingerprint density at radius 3 is 2.34 bits per heavy atom. The Kier molecular flexibility index (Phi) is 3.94. The van der Waals surface area contributed by atoms with E-state index in [9.17, 15) is 9.59 Å². The number of nitrogens with zero attached hydrogens (tertiary/aromatic N) is 5. The number of aromatic nitrogens is 4. The van der Waals surface area contributed by atoms with Crippen molar-refractivity contribution < 1.29 is 9.59 Å². The zero-order valence-electron chi connectivity index (χ0n) is 15.7. The third-order valence-electron chi connectivity index (χ3n) is 5.12. The zero-order chi connectivity index (χ0) is 20.0. The Morgan fingerprint density at radius 2 is 1.62 bits per heavy atom. The van der Waals surface area contributed by atoms with E-state index in [1.54, 1.807) is 4.52 Å². The standard InChI is InChI=1S/C22H17N5O2/c1-14-19(16-10-6-3-7-11-16)21-24-23-20-17(27(21)25-14)12-18(28)26(22(20)29)13-15-8-4-2-5-9-15/h2-11H,12-13H2,1H3. The molecule has 7 heteroatoms. The third kappa shape index (κ3) is 2.79. The van der Waals surface area contributed by atoms with Gasteiger partial charge in [-0.2, -0.15) is 5.10 Å². The number of carbonyl (C=O) groups excluding carboxylic acids is 2. The first kappa shape index (κ1) is 17.2. The molecule has 0 unspecified atom stereocenters. The number of imide groups is 1. The Bertz CT molecular complexity index is 1250. The molecule has 0 saturated carbocycles. The van der Waals surface area contributed by atoms with E-state index in [1.807, 2.05) is 67.6 Å². The molecule has 0 saturated heterocycles. The van der Waals surface area contributed by atoms with Crippen LogP contribution in [-0.2, 0) is 17.8 Å². The molecule has 7 nitrogen and oxygen atoms in total. The van der Waals surface area contributed by atoms with Crippen LogP contribution in [0.1, 0.15) is 27.4 Å². The minimum absolute atomic E-state index is 0.0509. The smallest absolute Gasteiger partial charge is 0.274 e. The first-order valence-corrected chi connectivity index (χ1v) is 9.32. The average molecular weight is 383 g/mol. The van der Waals surface area contributed by atoms with Gasteiger partial charge in [-0.1, -0.05) is 60.7 Å². The van der Waals surface area contributed by atoms with E-state index in [2.05, 4.69) is 15.3 Å². The number of hydrogen-bond donors (Lipinski definition) is 0. The van der Waals surface area contributed by atoms with Crippen molar-refractivity contribution in [2.75, 3.05) is 0 Å². The number of aryl methyl sites for hydroxylation is 1. The van der Waals surface area contributed by atoms with Gasteiger partial charge in [0, 0.05) is 0 Å². The lowest BCUT2D eigenvalue weighted by atomic mass is 10.1. The molecule has 1 aliphatic rings. The average Bonchev–Trinajstić information content (AvgIpc) is 3.09. The quantitative estimate of drug-likeness (QED) is 0.508. The van der Waals surface area contributed by atoms with E-state index in [1.165, 1.54) is 4.90 Å². The summed E-state index contributed by atoms with van der Waals surface area (Å²) >= 11 is 0. The molecule has 142 valence electrons. The van der Waals surface area contributed by atoms with Gasteiger partial charge in [0.25, 0.3) is 5.91 Å². The van der Waals surface area contributed by atoms with Crippen LogP contribution in [0.5, 0.6) is 0 Å². The van der Waals surface area contributed by atoms with Crippen LogP contribution in [0.2, 0.25) is 0 Å². The molecule has 0 radical (unpaired) electrons. The SMILES string of the molecule is Cc1nn2c3c(nnc2c1-c1ccccc1)C(=O)N(Cc1ccccc1)C(=O)C3. The van der Waals surface area contributed by atoms with E-state index in [4.69, 9.17) is 0 Å². The van der Waals surface area contributed by atoms with Crippen LogP contribution in [0.15, 0.2) is 60.7 Å². The summed E-state index contributed by atoms with van der Waals surface area (Å²) in [5, 5.41) is 13.1. The summed E-state index contributed by atoms with van der Waals surface area (Å²) in [5.41, 5.74) is 4.68. The van der Waals surface area contributed by atoms with Crippen LogP contribution in [0, 0.1) is 6.92 Å². The second-order valence-electron chi connectivity index (χ2n) is 7.00. The van der Waals surface area contributed by atoms with Crippen LogP contribution in [0.3, 0.4) is 0 Å². The molecule has 29 heavy (non-hydrogen) atoms. The van der Waals surface area contributed by atoms with Gasteiger partial charge in [0.15, 0.2) is 11.3 Å². The molecule has 3 heterocycles. The summed E-state index contributed by atoms with van der Waals surface area (Å²) in [7, 11) is 0. The van der Waals surface area contributed by atoms with Gasteiger partial charge in [0.2, 0.25) is 5.91 Å². The number of rotatable bonds is 3. The van der Waals surface area contributed by atoms with Crippen LogP contribution in [-0.4, -0.2) is 36.5 Å². The van der Waals surface area contributed by atoms with Crippen molar-refractivity contribution in [2.24, 2.45) is 0 Å². The summed E-state index contributed by atoms with van der Waals surface area (Å²) < 4.78 is 1.59.